The molecule has 0 aromatic heterocycles. The molecule has 31 heavy (non-hydrogen) atoms. The molecule has 0 bridgehead atoms. The van der Waals surface area contributed by atoms with E-state index in [0.29, 0.717) is 30.2 Å². The van der Waals surface area contributed by atoms with E-state index in [1.54, 1.807) is 6.07 Å². The molecule has 6 nitrogen and oxygen atoms in total. The predicted molar refractivity (Wildman–Crippen MR) is 122 cm³/mol. The zero-order valence-corrected chi connectivity index (χ0v) is 18.4. The van der Waals surface area contributed by atoms with Crippen molar-refractivity contribution in [2.24, 2.45) is 0 Å². The molecule has 2 aromatic carbocycles. The lowest BCUT2D eigenvalue weighted by atomic mass is 10.0. The minimum atomic E-state index is 0.0336. The number of carbonyl (C=O) groups excluding carboxylic acids is 2. The number of hydrogen-bond donors (Lipinski definition) is 1. The van der Waals surface area contributed by atoms with E-state index < -0.39 is 0 Å². The zero-order chi connectivity index (χ0) is 21.6. The number of amides is 2. The Bertz CT molecular complexity index is 927. The van der Waals surface area contributed by atoms with Crippen LogP contribution < -0.4 is 10.1 Å². The molecule has 0 atom stereocenters. The Kier molecular flexibility index (Phi) is 7.10. The normalized spacial score (nSPS) is 16.5. The number of piperazine rings is 1. The molecule has 2 aliphatic rings. The molecule has 0 unspecified atom stereocenters. The summed E-state index contributed by atoms with van der Waals surface area (Å²) >= 11 is 6.34. The number of fused-ring (bicyclic) bond motifs is 1. The molecule has 0 saturated carbocycles. The van der Waals surface area contributed by atoms with E-state index in [1.807, 2.05) is 41.3 Å². The first kappa shape index (κ1) is 21.7. The van der Waals surface area contributed by atoms with Crippen LogP contribution in [0.15, 0.2) is 42.5 Å². The molecule has 2 heterocycles. The molecule has 0 aliphatic carbocycles. The SMILES string of the molecule is O=C1CCc2c(ccc(Cl)c2OCCCCN2CCN(C(=O)c3ccccc3)CC2)N1. The van der Waals surface area contributed by atoms with Gasteiger partial charge in [-0.05, 0) is 50.1 Å². The third kappa shape index (κ3) is 5.38. The Morgan fingerprint density at radius 2 is 1.77 bits per heavy atom. The van der Waals surface area contributed by atoms with Crippen molar-refractivity contribution in [2.75, 3.05) is 44.6 Å². The molecule has 0 spiro atoms. The summed E-state index contributed by atoms with van der Waals surface area (Å²) < 4.78 is 6.00. The van der Waals surface area contributed by atoms with Gasteiger partial charge in [0.15, 0.2) is 0 Å². The molecule has 1 fully saturated rings. The summed E-state index contributed by atoms with van der Waals surface area (Å²) in [6.45, 7) is 4.92. The van der Waals surface area contributed by atoms with Crippen LogP contribution in [0.4, 0.5) is 5.69 Å². The minimum Gasteiger partial charge on any atom is -0.492 e. The lowest BCUT2D eigenvalue weighted by molar-refractivity contribution is -0.116. The molecule has 164 valence electrons. The van der Waals surface area contributed by atoms with Crippen molar-refractivity contribution >= 4 is 29.1 Å². The maximum absolute atomic E-state index is 12.5. The van der Waals surface area contributed by atoms with Crippen LogP contribution >= 0.6 is 11.6 Å². The van der Waals surface area contributed by atoms with Crippen LogP contribution in [-0.2, 0) is 11.2 Å². The van der Waals surface area contributed by atoms with Crippen LogP contribution in [0.1, 0.15) is 35.2 Å². The predicted octanol–water partition coefficient (Wildman–Crippen LogP) is 3.84. The van der Waals surface area contributed by atoms with Crippen molar-refractivity contribution in [1.29, 1.82) is 0 Å². The van der Waals surface area contributed by atoms with Crippen LogP contribution in [0, 0.1) is 0 Å². The first-order chi connectivity index (χ1) is 15.1. The number of benzene rings is 2. The van der Waals surface area contributed by atoms with E-state index in [1.165, 1.54) is 0 Å². The van der Waals surface area contributed by atoms with Crippen molar-refractivity contribution in [1.82, 2.24) is 9.80 Å². The molecule has 0 radical (unpaired) electrons. The van der Waals surface area contributed by atoms with Crippen LogP contribution in [0.2, 0.25) is 5.02 Å². The minimum absolute atomic E-state index is 0.0336. The second-order valence-corrected chi connectivity index (χ2v) is 8.41. The summed E-state index contributed by atoms with van der Waals surface area (Å²) in [4.78, 5) is 28.5. The Labute approximate surface area is 188 Å². The third-order valence-electron chi connectivity index (χ3n) is 5.88. The third-order valence-corrected chi connectivity index (χ3v) is 6.18. The topological polar surface area (TPSA) is 61.9 Å². The molecule has 2 amide bonds. The van der Waals surface area contributed by atoms with E-state index in [0.717, 1.165) is 62.4 Å². The second kappa shape index (κ2) is 10.2. The van der Waals surface area contributed by atoms with E-state index in [-0.39, 0.29) is 11.8 Å². The average molecular weight is 442 g/mol. The van der Waals surface area contributed by atoms with Gasteiger partial charge in [-0.3, -0.25) is 14.5 Å². The van der Waals surface area contributed by atoms with Gasteiger partial charge in [0.25, 0.3) is 5.91 Å². The highest BCUT2D eigenvalue weighted by atomic mass is 35.5. The lowest BCUT2D eigenvalue weighted by Gasteiger charge is -2.34. The highest BCUT2D eigenvalue weighted by Gasteiger charge is 2.22. The van der Waals surface area contributed by atoms with Gasteiger partial charge in [-0.15, -0.1) is 0 Å². The number of hydrogen-bond acceptors (Lipinski definition) is 4. The highest BCUT2D eigenvalue weighted by Crippen LogP contribution is 2.37. The number of halogens is 1. The fraction of sp³-hybridized carbons (Fsp3) is 0.417. The molecule has 1 saturated heterocycles. The van der Waals surface area contributed by atoms with Gasteiger partial charge >= 0.3 is 0 Å². The number of unbranched alkanes of at least 4 members (excludes halogenated alkanes) is 1. The van der Waals surface area contributed by atoms with Crippen LogP contribution in [0.5, 0.6) is 5.75 Å². The monoisotopic (exact) mass is 441 g/mol. The number of anilines is 1. The molecular formula is C24H28ClN3O3. The van der Waals surface area contributed by atoms with Gasteiger partial charge < -0.3 is 15.0 Å². The quantitative estimate of drug-likeness (QED) is 0.663. The molecule has 4 rings (SSSR count). The van der Waals surface area contributed by atoms with Gasteiger partial charge in [-0.1, -0.05) is 29.8 Å². The summed E-state index contributed by atoms with van der Waals surface area (Å²) in [5, 5.41) is 3.47. The van der Waals surface area contributed by atoms with E-state index in [2.05, 4.69) is 10.2 Å². The Balaban J connectivity index is 1.18. The summed E-state index contributed by atoms with van der Waals surface area (Å²) in [6.07, 6.45) is 3.07. The molecule has 2 aliphatic heterocycles. The van der Waals surface area contributed by atoms with Crippen molar-refractivity contribution in [3.05, 3.63) is 58.6 Å². The van der Waals surface area contributed by atoms with Gasteiger partial charge in [0, 0.05) is 49.4 Å². The second-order valence-electron chi connectivity index (χ2n) is 8.01. The summed E-state index contributed by atoms with van der Waals surface area (Å²) in [5.41, 5.74) is 2.55. The van der Waals surface area contributed by atoms with Crippen LogP contribution in [0.25, 0.3) is 0 Å². The van der Waals surface area contributed by atoms with E-state index in [9.17, 15) is 9.59 Å². The van der Waals surface area contributed by atoms with Gasteiger partial charge in [-0.2, -0.15) is 0 Å². The fourth-order valence-electron chi connectivity index (χ4n) is 4.12. The number of carbonyl (C=O) groups is 2. The fourth-order valence-corrected chi connectivity index (χ4v) is 4.35. The highest BCUT2D eigenvalue weighted by molar-refractivity contribution is 6.32. The van der Waals surface area contributed by atoms with Gasteiger partial charge in [0.05, 0.1) is 11.6 Å². The van der Waals surface area contributed by atoms with E-state index in [4.69, 9.17) is 16.3 Å². The number of ether oxygens (including phenoxy) is 1. The van der Waals surface area contributed by atoms with Crippen LogP contribution in [-0.4, -0.2) is 60.9 Å². The number of nitrogens with zero attached hydrogens (tertiary/aromatic N) is 2. The van der Waals surface area contributed by atoms with E-state index >= 15 is 0 Å². The standard InChI is InChI=1S/C24H28ClN3O3/c25-20-9-10-21-19(8-11-22(29)26-21)23(20)31-17-5-4-12-27-13-15-28(16-14-27)24(30)18-6-2-1-3-7-18/h1-3,6-7,9-10H,4-5,8,11-17H2,(H,26,29). The number of nitrogens with one attached hydrogen (secondary N) is 1. The van der Waals surface area contributed by atoms with Gasteiger partial charge in [0.1, 0.15) is 5.75 Å². The Morgan fingerprint density at radius 1 is 1.00 bits per heavy atom. The van der Waals surface area contributed by atoms with Crippen molar-refractivity contribution in [3.8, 4) is 5.75 Å². The first-order valence-corrected chi connectivity index (χ1v) is 11.3. The first-order valence-electron chi connectivity index (χ1n) is 10.9. The largest absolute Gasteiger partial charge is 0.492 e. The van der Waals surface area contributed by atoms with Gasteiger partial charge in [0.2, 0.25) is 5.91 Å². The Hall–Kier alpha value is -2.57. The smallest absolute Gasteiger partial charge is 0.253 e. The van der Waals surface area contributed by atoms with Crippen molar-refractivity contribution in [2.45, 2.75) is 25.7 Å². The summed E-state index contributed by atoms with van der Waals surface area (Å²) in [6, 6.07) is 13.1. The number of rotatable bonds is 7. The maximum Gasteiger partial charge on any atom is 0.253 e. The van der Waals surface area contributed by atoms with Gasteiger partial charge in [-0.25, -0.2) is 0 Å². The maximum atomic E-state index is 12.5. The Morgan fingerprint density at radius 3 is 2.55 bits per heavy atom. The van der Waals surface area contributed by atoms with Crippen LogP contribution in [0.3, 0.4) is 0 Å². The lowest BCUT2D eigenvalue weighted by Crippen LogP contribution is -2.48. The average Bonchev–Trinajstić information content (AvgIpc) is 2.80. The summed E-state index contributed by atoms with van der Waals surface area (Å²) in [7, 11) is 0. The summed E-state index contributed by atoms with van der Waals surface area (Å²) in [5.74, 6) is 0.853. The van der Waals surface area contributed by atoms with Crippen molar-refractivity contribution < 1.29 is 14.3 Å². The molecule has 1 N–H and O–H groups in total. The molecule has 2 aromatic rings. The zero-order valence-electron chi connectivity index (χ0n) is 17.6. The van der Waals surface area contributed by atoms with Crippen molar-refractivity contribution in [3.63, 3.8) is 0 Å². The molecule has 7 heteroatoms. The molecular weight excluding hydrogens is 414 g/mol.